The highest BCUT2D eigenvalue weighted by Crippen LogP contribution is 2.32. The van der Waals surface area contributed by atoms with Gasteiger partial charge in [0.1, 0.15) is 12.4 Å². The number of rotatable bonds is 5. The molecule has 0 saturated heterocycles. The Hall–Kier alpha value is -2.43. The lowest BCUT2D eigenvalue weighted by molar-refractivity contribution is -0.144. The molecule has 5 nitrogen and oxygen atoms in total. The maximum absolute atomic E-state index is 12.2. The van der Waals surface area contributed by atoms with Gasteiger partial charge in [0.2, 0.25) is 17.7 Å². The molecule has 104 valence electrons. The fraction of sp³-hybridized carbons (Fsp3) is 0.267. The summed E-state index contributed by atoms with van der Waals surface area (Å²) in [7, 11) is 0. The van der Waals surface area contributed by atoms with Crippen molar-refractivity contribution in [2.24, 2.45) is 0 Å². The molecule has 1 unspecified atom stereocenters. The second-order valence-corrected chi connectivity index (χ2v) is 4.23. The highest BCUT2D eigenvalue weighted by molar-refractivity contribution is 6.30. The topological polar surface area (TPSA) is 69.7 Å². The molecule has 0 radical (unpaired) electrons. The van der Waals surface area contributed by atoms with Crippen LogP contribution in [0.4, 0.5) is 0 Å². The molecule has 20 heavy (non-hydrogen) atoms. The molecule has 0 saturated carbocycles. The van der Waals surface area contributed by atoms with Crippen molar-refractivity contribution in [2.45, 2.75) is 19.4 Å². The highest BCUT2D eigenvalue weighted by Gasteiger charge is 2.43. The van der Waals surface area contributed by atoms with Crippen LogP contribution in [0, 0.1) is 0 Å². The third-order valence-corrected chi connectivity index (χ3v) is 2.91. The van der Waals surface area contributed by atoms with Crippen molar-refractivity contribution in [3.63, 3.8) is 0 Å². The van der Waals surface area contributed by atoms with Gasteiger partial charge in [-0.15, -0.1) is 0 Å². The van der Waals surface area contributed by atoms with Crippen LogP contribution in [0.2, 0.25) is 0 Å². The standard InChI is InChI=1S/C15H14O5/c1-3-8-19-10-7-5-6-9-12(10)14(18)15(13(9)17)20-11(16)4-2/h3,5-7,15H,1,4,8H2,2H3. The summed E-state index contributed by atoms with van der Waals surface area (Å²) in [6, 6.07) is 4.74. The number of fused-ring (bicyclic) bond motifs is 1. The lowest BCUT2D eigenvalue weighted by Crippen LogP contribution is -2.28. The first-order valence-electron chi connectivity index (χ1n) is 6.24. The maximum Gasteiger partial charge on any atom is 0.306 e. The Morgan fingerprint density at radius 1 is 1.35 bits per heavy atom. The molecule has 1 aliphatic rings. The van der Waals surface area contributed by atoms with E-state index in [-0.39, 0.29) is 24.2 Å². The van der Waals surface area contributed by atoms with Crippen LogP contribution < -0.4 is 4.74 Å². The molecule has 1 aromatic carbocycles. The number of carbonyl (C=O) groups excluding carboxylic acids is 3. The molecule has 1 atom stereocenters. The number of Topliss-reactive ketones (excluding diaryl/α,β-unsaturated/α-hetero) is 2. The zero-order valence-electron chi connectivity index (χ0n) is 11.0. The Balaban J connectivity index is 2.35. The fourth-order valence-corrected chi connectivity index (χ4v) is 1.97. The summed E-state index contributed by atoms with van der Waals surface area (Å²) in [5.41, 5.74) is 0.402. The molecule has 0 aliphatic heterocycles. The molecule has 0 bridgehead atoms. The SMILES string of the molecule is C=CCOc1cccc2c1C(=O)C(OC(=O)CC)C2=O. The van der Waals surface area contributed by atoms with Gasteiger partial charge in [0.25, 0.3) is 0 Å². The molecule has 0 amide bonds. The summed E-state index contributed by atoms with van der Waals surface area (Å²) < 4.78 is 10.3. The van der Waals surface area contributed by atoms with Crippen molar-refractivity contribution in [2.75, 3.05) is 6.61 Å². The van der Waals surface area contributed by atoms with E-state index in [0.717, 1.165) is 0 Å². The van der Waals surface area contributed by atoms with Crippen LogP contribution in [0.3, 0.4) is 0 Å². The third-order valence-electron chi connectivity index (χ3n) is 2.91. The quantitative estimate of drug-likeness (QED) is 0.466. The van der Waals surface area contributed by atoms with Crippen molar-refractivity contribution >= 4 is 17.5 Å². The smallest absolute Gasteiger partial charge is 0.306 e. The van der Waals surface area contributed by atoms with Gasteiger partial charge in [-0.3, -0.25) is 14.4 Å². The predicted molar refractivity (Wildman–Crippen MR) is 71.0 cm³/mol. The average Bonchev–Trinajstić information content (AvgIpc) is 2.70. The Bertz CT molecular complexity index is 588. The first-order chi connectivity index (χ1) is 9.60. The lowest BCUT2D eigenvalue weighted by Gasteiger charge is -2.08. The van der Waals surface area contributed by atoms with Gasteiger partial charge >= 0.3 is 5.97 Å². The third kappa shape index (κ3) is 2.34. The Morgan fingerprint density at radius 3 is 2.75 bits per heavy atom. The van der Waals surface area contributed by atoms with Crippen molar-refractivity contribution in [3.8, 4) is 5.75 Å². The molecule has 0 aromatic heterocycles. The van der Waals surface area contributed by atoms with Gasteiger partial charge in [-0.25, -0.2) is 0 Å². The number of ether oxygens (including phenoxy) is 2. The van der Waals surface area contributed by atoms with Crippen LogP contribution in [0.15, 0.2) is 30.9 Å². The number of benzene rings is 1. The first kappa shape index (κ1) is 14.0. The van der Waals surface area contributed by atoms with Crippen molar-refractivity contribution in [3.05, 3.63) is 42.0 Å². The molecule has 1 aliphatic carbocycles. The van der Waals surface area contributed by atoms with Gasteiger partial charge in [0.05, 0.1) is 5.56 Å². The average molecular weight is 274 g/mol. The fourth-order valence-electron chi connectivity index (χ4n) is 1.97. The van der Waals surface area contributed by atoms with Crippen molar-refractivity contribution < 1.29 is 23.9 Å². The number of carbonyl (C=O) groups is 3. The van der Waals surface area contributed by atoms with E-state index in [0.29, 0.717) is 5.75 Å². The monoisotopic (exact) mass is 274 g/mol. The number of esters is 1. The summed E-state index contributed by atoms with van der Waals surface area (Å²) in [4.78, 5) is 35.6. The largest absolute Gasteiger partial charge is 0.489 e. The minimum Gasteiger partial charge on any atom is -0.489 e. The number of hydrogen-bond acceptors (Lipinski definition) is 5. The summed E-state index contributed by atoms with van der Waals surface area (Å²) in [5.74, 6) is -1.32. The van der Waals surface area contributed by atoms with E-state index in [9.17, 15) is 14.4 Å². The van der Waals surface area contributed by atoms with Gasteiger partial charge in [-0.2, -0.15) is 0 Å². The molecule has 0 spiro atoms. The summed E-state index contributed by atoms with van der Waals surface area (Å²) in [5, 5.41) is 0. The van der Waals surface area contributed by atoms with Gasteiger partial charge < -0.3 is 9.47 Å². The van der Waals surface area contributed by atoms with Gasteiger partial charge in [-0.05, 0) is 6.07 Å². The molecule has 2 rings (SSSR count). The molecule has 5 heteroatoms. The van der Waals surface area contributed by atoms with E-state index >= 15 is 0 Å². The molecule has 0 fully saturated rings. The predicted octanol–water partition coefficient (Wildman–Crippen LogP) is 1.95. The number of ketones is 2. The van der Waals surface area contributed by atoms with Gasteiger partial charge in [0, 0.05) is 12.0 Å². The van der Waals surface area contributed by atoms with E-state index in [1.165, 1.54) is 12.1 Å². The van der Waals surface area contributed by atoms with Crippen LogP contribution in [0.25, 0.3) is 0 Å². The van der Waals surface area contributed by atoms with Crippen LogP contribution >= 0.6 is 0 Å². The normalized spacial score (nSPS) is 16.8. The van der Waals surface area contributed by atoms with E-state index in [1.807, 2.05) is 0 Å². The van der Waals surface area contributed by atoms with Gasteiger partial charge in [0.15, 0.2) is 0 Å². The minimum absolute atomic E-state index is 0.104. The minimum atomic E-state index is -1.38. The lowest BCUT2D eigenvalue weighted by atomic mass is 10.1. The van der Waals surface area contributed by atoms with Gasteiger partial charge in [-0.1, -0.05) is 31.7 Å². The second-order valence-electron chi connectivity index (χ2n) is 4.23. The van der Waals surface area contributed by atoms with Crippen molar-refractivity contribution in [1.82, 2.24) is 0 Å². The van der Waals surface area contributed by atoms with Crippen LogP contribution in [0.5, 0.6) is 5.75 Å². The summed E-state index contributed by atoms with van der Waals surface area (Å²) in [6.07, 6.45) is 0.258. The van der Waals surface area contributed by atoms with E-state index in [4.69, 9.17) is 9.47 Å². The number of hydrogen-bond donors (Lipinski definition) is 0. The van der Waals surface area contributed by atoms with E-state index in [2.05, 4.69) is 6.58 Å². The van der Waals surface area contributed by atoms with Crippen molar-refractivity contribution in [1.29, 1.82) is 0 Å². The Morgan fingerprint density at radius 2 is 2.10 bits per heavy atom. The van der Waals surface area contributed by atoms with Crippen LogP contribution in [-0.2, 0) is 9.53 Å². The molecule has 0 N–H and O–H groups in total. The zero-order valence-corrected chi connectivity index (χ0v) is 11.0. The molecular formula is C15H14O5. The zero-order chi connectivity index (χ0) is 14.7. The molecular weight excluding hydrogens is 260 g/mol. The Kier molecular flexibility index (Phi) is 3.98. The molecule has 0 heterocycles. The molecule has 1 aromatic rings. The maximum atomic E-state index is 12.2. The summed E-state index contributed by atoms with van der Waals surface area (Å²) >= 11 is 0. The van der Waals surface area contributed by atoms with Crippen LogP contribution in [0.1, 0.15) is 34.1 Å². The second kappa shape index (κ2) is 5.69. The van der Waals surface area contributed by atoms with E-state index < -0.39 is 23.6 Å². The summed E-state index contributed by atoms with van der Waals surface area (Å²) in [6.45, 7) is 5.34. The highest BCUT2D eigenvalue weighted by atomic mass is 16.6. The van der Waals surface area contributed by atoms with Crippen LogP contribution in [-0.4, -0.2) is 30.2 Å². The first-order valence-corrected chi connectivity index (χ1v) is 6.24. The van der Waals surface area contributed by atoms with E-state index in [1.54, 1.807) is 19.1 Å². The Labute approximate surface area is 116 Å².